The molecule has 7 nitrogen and oxygen atoms in total. The van der Waals surface area contributed by atoms with Crippen molar-refractivity contribution in [2.24, 2.45) is 0 Å². The molecule has 24 heavy (non-hydrogen) atoms. The lowest BCUT2D eigenvalue weighted by Gasteiger charge is -2.09. The summed E-state index contributed by atoms with van der Waals surface area (Å²) in [6.45, 7) is 1.73. The normalized spacial score (nSPS) is 11.7. The van der Waals surface area contributed by atoms with Crippen molar-refractivity contribution in [3.63, 3.8) is 0 Å². The summed E-state index contributed by atoms with van der Waals surface area (Å²) in [5, 5.41) is 19.2. The molecule has 0 unspecified atom stereocenters. The number of rotatable bonds is 5. The molecule has 120 valence electrons. The molecule has 0 aliphatic rings. The van der Waals surface area contributed by atoms with Crippen LogP contribution in [0.1, 0.15) is 12.5 Å². The van der Waals surface area contributed by atoms with Crippen LogP contribution in [0.5, 0.6) is 0 Å². The molecule has 1 atom stereocenters. The molecule has 0 saturated heterocycles. The maximum absolute atomic E-state index is 12.2. The van der Waals surface area contributed by atoms with E-state index in [1.54, 1.807) is 43.3 Å². The molecule has 0 fully saturated rings. The molecule has 3 rings (SSSR count). The van der Waals surface area contributed by atoms with Gasteiger partial charge in [-0.1, -0.05) is 17.8 Å². The number of nitrogens with zero attached hydrogens (tertiary/aromatic N) is 3. The van der Waals surface area contributed by atoms with E-state index in [2.05, 4.69) is 15.5 Å². The fourth-order valence-corrected chi connectivity index (χ4v) is 2.56. The van der Waals surface area contributed by atoms with Crippen molar-refractivity contribution in [1.29, 1.82) is 5.26 Å². The molecular formula is C16H12N4O3S. The van der Waals surface area contributed by atoms with Gasteiger partial charge in [0.2, 0.25) is 5.91 Å². The third-order valence-corrected chi connectivity index (χ3v) is 3.98. The highest BCUT2D eigenvalue weighted by Crippen LogP contribution is 2.26. The van der Waals surface area contributed by atoms with E-state index >= 15 is 0 Å². The summed E-state index contributed by atoms with van der Waals surface area (Å²) in [5.74, 6) is 0.504. The SMILES string of the molecule is C[C@@H](Sc1nnc(-c2ccco2)o1)C(=O)Nc1cccc(C#N)c1. The fourth-order valence-electron chi connectivity index (χ4n) is 1.87. The van der Waals surface area contributed by atoms with E-state index in [-0.39, 0.29) is 17.0 Å². The van der Waals surface area contributed by atoms with E-state index in [0.717, 1.165) is 11.8 Å². The molecule has 2 aromatic heterocycles. The quantitative estimate of drug-likeness (QED) is 0.710. The average Bonchev–Trinajstić information content (AvgIpc) is 3.26. The van der Waals surface area contributed by atoms with Gasteiger partial charge in [-0.05, 0) is 37.3 Å². The van der Waals surface area contributed by atoms with Gasteiger partial charge in [0.05, 0.1) is 23.1 Å². The van der Waals surface area contributed by atoms with E-state index in [1.165, 1.54) is 6.26 Å². The van der Waals surface area contributed by atoms with Gasteiger partial charge in [-0.3, -0.25) is 4.79 Å². The van der Waals surface area contributed by atoms with Crippen LogP contribution in [0, 0.1) is 11.3 Å². The van der Waals surface area contributed by atoms with Gasteiger partial charge in [0, 0.05) is 5.69 Å². The minimum absolute atomic E-state index is 0.229. The zero-order chi connectivity index (χ0) is 16.9. The lowest BCUT2D eigenvalue weighted by molar-refractivity contribution is -0.115. The van der Waals surface area contributed by atoms with Crippen LogP contribution in [0.4, 0.5) is 5.69 Å². The number of hydrogen-bond donors (Lipinski definition) is 1. The van der Waals surface area contributed by atoms with Crippen LogP contribution in [-0.4, -0.2) is 21.4 Å². The van der Waals surface area contributed by atoms with Crippen LogP contribution in [0.2, 0.25) is 0 Å². The van der Waals surface area contributed by atoms with Crippen molar-refractivity contribution in [3.05, 3.63) is 48.2 Å². The van der Waals surface area contributed by atoms with Crippen molar-refractivity contribution in [2.45, 2.75) is 17.4 Å². The first-order valence-electron chi connectivity index (χ1n) is 7.01. The standard InChI is InChI=1S/C16H12N4O3S/c1-10(14(21)18-12-5-2-4-11(8-12)9-17)24-16-20-19-15(23-16)13-6-3-7-22-13/h2-8,10H,1H3,(H,18,21)/t10-/m1/s1. The Kier molecular flexibility index (Phi) is 4.63. The minimum atomic E-state index is -0.458. The van der Waals surface area contributed by atoms with Crippen LogP contribution >= 0.6 is 11.8 Å². The van der Waals surface area contributed by atoms with Crippen molar-refractivity contribution in [2.75, 3.05) is 5.32 Å². The summed E-state index contributed by atoms with van der Waals surface area (Å²) in [5.41, 5.74) is 1.04. The number of hydrogen-bond acceptors (Lipinski definition) is 7. The van der Waals surface area contributed by atoms with Crippen molar-refractivity contribution >= 4 is 23.4 Å². The molecule has 1 amide bonds. The summed E-state index contributed by atoms with van der Waals surface area (Å²) in [6.07, 6.45) is 1.51. The Morgan fingerprint density at radius 2 is 2.21 bits per heavy atom. The number of furan rings is 1. The van der Waals surface area contributed by atoms with Crippen LogP contribution in [0.15, 0.2) is 56.7 Å². The molecule has 0 bridgehead atoms. The first-order chi connectivity index (χ1) is 11.7. The fraction of sp³-hybridized carbons (Fsp3) is 0.125. The molecule has 1 N–H and O–H groups in total. The van der Waals surface area contributed by atoms with Gasteiger partial charge in [-0.25, -0.2) is 0 Å². The van der Waals surface area contributed by atoms with Gasteiger partial charge in [0.15, 0.2) is 5.76 Å². The maximum Gasteiger partial charge on any atom is 0.284 e. The molecule has 0 saturated carbocycles. The molecule has 2 heterocycles. The van der Waals surface area contributed by atoms with Crippen molar-refractivity contribution in [3.8, 4) is 17.7 Å². The van der Waals surface area contributed by atoms with Gasteiger partial charge in [-0.2, -0.15) is 5.26 Å². The molecule has 0 radical (unpaired) electrons. The lowest BCUT2D eigenvalue weighted by atomic mass is 10.2. The molecule has 0 aliphatic heterocycles. The highest BCUT2D eigenvalue weighted by atomic mass is 32.2. The number of aromatic nitrogens is 2. The monoisotopic (exact) mass is 340 g/mol. The Balaban J connectivity index is 1.63. The highest BCUT2D eigenvalue weighted by Gasteiger charge is 2.19. The summed E-state index contributed by atoms with van der Waals surface area (Å²) < 4.78 is 10.6. The summed E-state index contributed by atoms with van der Waals surface area (Å²) in [4.78, 5) is 12.2. The summed E-state index contributed by atoms with van der Waals surface area (Å²) in [6, 6.07) is 12.2. The summed E-state index contributed by atoms with van der Waals surface area (Å²) in [7, 11) is 0. The van der Waals surface area contributed by atoms with Gasteiger partial charge in [-0.15, -0.1) is 10.2 Å². The van der Waals surface area contributed by atoms with Gasteiger partial charge in [0.25, 0.3) is 11.1 Å². The predicted molar refractivity (Wildman–Crippen MR) is 87.1 cm³/mol. The van der Waals surface area contributed by atoms with E-state index in [9.17, 15) is 4.79 Å². The molecular weight excluding hydrogens is 328 g/mol. The van der Waals surface area contributed by atoms with Crippen LogP contribution in [0.25, 0.3) is 11.7 Å². The third kappa shape index (κ3) is 3.64. The third-order valence-electron chi connectivity index (χ3n) is 3.04. The molecule has 1 aromatic carbocycles. The number of nitriles is 1. The number of benzene rings is 1. The second-order valence-corrected chi connectivity index (χ2v) is 6.08. The smallest absolute Gasteiger partial charge is 0.284 e. The van der Waals surface area contributed by atoms with Crippen molar-refractivity contribution in [1.82, 2.24) is 10.2 Å². The molecule has 0 aliphatic carbocycles. The summed E-state index contributed by atoms with van der Waals surface area (Å²) >= 11 is 1.14. The Hall–Kier alpha value is -3.05. The van der Waals surface area contributed by atoms with Crippen LogP contribution in [0.3, 0.4) is 0 Å². The van der Waals surface area contributed by atoms with E-state index < -0.39 is 5.25 Å². The average molecular weight is 340 g/mol. The topological polar surface area (TPSA) is 105 Å². The number of thioether (sulfide) groups is 1. The molecule has 8 heteroatoms. The first-order valence-corrected chi connectivity index (χ1v) is 7.89. The Bertz CT molecular complexity index is 883. The van der Waals surface area contributed by atoms with Crippen molar-refractivity contribution < 1.29 is 13.6 Å². The second-order valence-electron chi connectivity index (χ2n) is 4.79. The maximum atomic E-state index is 12.2. The van der Waals surface area contributed by atoms with E-state index in [0.29, 0.717) is 17.0 Å². The van der Waals surface area contributed by atoms with Crippen LogP contribution < -0.4 is 5.32 Å². The Labute approximate surface area is 141 Å². The predicted octanol–water partition coefficient (Wildman–Crippen LogP) is 3.32. The van der Waals surface area contributed by atoms with Crippen LogP contribution in [-0.2, 0) is 4.79 Å². The number of carbonyl (C=O) groups is 1. The number of amides is 1. The van der Waals surface area contributed by atoms with E-state index in [4.69, 9.17) is 14.1 Å². The molecule has 0 spiro atoms. The minimum Gasteiger partial charge on any atom is -0.459 e. The van der Waals surface area contributed by atoms with Gasteiger partial charge < -0.3 is 14.2 Å². The molecule has 3 aromatic rings. The highest BCUT2D eigenvalue weighted by molar-refractivity contribution is 8.00. The Morgan fingerprint density at radius 1 is 1.33 bits per heavy atom. The van der Waals surface area contributed by atoms with Gasteiger partial charge >= 0.3 is 0 Å². The van der Waals surface area contributed by atoms with Gasteiger partial charge in [0.1, 0.15) is 0 Å². The van der Waals surface area contributed by atoms with E-state index in [1.807, 2.05) is 6.07 Å². The Morgan fingerprint density at radius 3 is 2.96 bits per heavy atom. The number of carbonyl (C=O) groups excluding carboxylic acids is 1. The zero-order valence-corrected chi connectivity index (χ0v) is 13.4. The largest absolute Gasteiger partial charge is 0.459 e. The number of nitrogens with one attached hydrogen (secondary N) is 1. The second kappa shape index (κ2) is 7.02. The lowest BCUT2D eigenvalue weighted by Crippen LogP contribution is -2.22. The zero-order valence-electron chi connectivity index (χ0n) is 12.6. The first kappa shape index (κ1) is 15.8. The number of anilines is 1.